The summed E-state index contributed by atoms with van der Waals surface area (Å²) >= 11 is 0. The van der Waals surface area contributed by atoms with Crippen LogP contribution < -0.4 is 5.32 Å². The van der Waals surface area contributed by atoms with E-state index in [9.17, 15) is 14.0 Å². The molecule has 0 bridgehead atoms. The first kappa shape index (κ1) is 13.7. The van der Waals surface area contributed by atoms with Crippen LogP contribution in [0.4, 0.5) is 10.1 Å². The van der Waals surface area contributed by atoms with Gasteiger partial charge in [0.15, 0.2) is 0 Å². The topological polar surface area (TPSA) is 97.1 Å². The SMILES string of the molecule is O=C(CCn1ccnn1)Nc1ccc(C(=O)O)cc1F. The smallest absolute Gasteiger partial charge is 0.335 e. The lowest BCUT2D eigenvalue weighted by Crippen LogP contribution is -2.16. The lowest BCUT2D eigenvalue weighted by molar-refractivity contribution is -0.116. The number of hydrogen-bond acceptors (Lipinski definition) is 4. The van der Waals surface area contributed by atoms with Crippen molar-refractivity contribution < 1.29 is 19.1 Å². The van der Waals surface area contributed by atoms with E-state index in [-0.39, 0.29) is 17.7 Å². The van der Waals surface area contributed by atoms with E-state index in [0.29, 0.717) is 6.54 Å². The van der Waals surface area contributed by atoms with Crippen LogP contribution in [0.3, 0.4) is 0 Å². The normalized spacial score (nSPS) is 10.2. The third-order valence-corrected chi connectivity index (χ3v) is 2.53. The predicted molar refractivity (Wildman–Crippen MR) is 66.6 cm³/mol. The van der Waals surface area contributed by atoms with Crippen molar-refractivity contribution in [1.29, 1.82) is 0 Å². The largest absolute Gasteiger partial charge is 0.478 e. The minimum atomic E-state index is -1.23. The second kappa shape index (κ2) is 5.91. The van der Waals surface area contributed by atoms with E-state index in [1.165, 1.54) is 23.0 Å². The minimum Gasteiger partial charge on any atom is -0.478 e. The third-order valence-electron chi connectivity index (χ3n) is 2.53. The second-order valence-corrected chi connectivity index (χ2v) is 3.96. The van der Waals surface area contributed by atoms with Crippen LogP contribution in [-0.4, -0.2) is 32.0 Å². The summed E-state index contributed by atoms with van der Waals surface area (Å²) in [4.78, 5) is 22.3. The Morgan fingerprint density at radius 1 is 1.40 bits per heavy atom. The van der Waals surface area contributed by atoms with Crippen LogP contribution in [0.15, 0.2) is 30.6 Å². The number of aromatic nitrogens is 3. The number of nitrogens with zero attached hydrogens (tertiary/aromatic N) is 3. The molecule has 8 heteroatoms. The van der Waals surface area contributed by atoms with Gasteiger partial charge in [-0.2, -0.15) is 0 Å². The van der Waals surface area contributed by atoms with Crippen LogP contribution in [0, 0.1) is 5.82 Å². The molecule has 0 spiro atoms. The van der Waals surface area contributed by atoms with Crippen molar-refractivity contribution in [3.8, 4) is 0 Å². The van der Waals surface area contributed by atoms with Gasteiger partial charge in [-0.3, -0.25) is 9.48 Å². The molecular weight excluding hydrogens is 267 g/mol. The standard InChI is InChI=1S/C12H11FN4O3/c13-9-7-8(12(19)20)1-2-10(9)15-11(18)3-5-17-6-4-14-16-17/h1-2,4,6-7H,3,5H2,(H,15,18)(H,19,20). The molecule has 20 heavy (non-hydrogen) atoms. The van der Waals surface area contributed by atoms with Crippen LogP contribution in [0.2, 0.25) is 0 Å². The maximum absolute atomic E-state index is 13.6. The van der Waals surface area contributed by atoms with Gasteiger partial charge in [0.25, 0.3) is 0 Å². The fourth-order valence-corrected chi connectivity index (χ4v) is 1.53. The highest BCUT2D eigenvalue weighted by Gasteiger charge is 2.10. The average molecular weight is 278 g/mol. The second-order valence-electron chi connectivity index (χ2n) is 3.96. The molecular formula is C12H11FN4O3. The van der Waals surface area contributed by atoms with Gasteiger partial charge >= 0.3 is 5.97 Å². The molecule has 1 amide bonds. The predicted octanol–water partition coefficient (Wildman–Crippen LogP) is 1.14. The van der Waals surface area contributed by atoms with E-state index in [0.717, 1.165) is 6.07 Å². The Morgan fingerprint density at radius 3 is 2.80 bits per heavy atom. The van der Waals surface area contributed by atoms with Crippen LogP contribution in [0.25, 0.3) is 0 Å². The van der Waals surface area contributed by atoms with Crippen LogP contribution in [0.1, 0.15) is 16.8 Å². The minimum absolute atomic E-state index is 0.0569. The lowest BCUT2D eigenvalue weighted by Gasteiger charge is -2.07. The molecule has 1 aromatic carbocycles. The van der Waals surface area contributed by atoms with E-state index in [4.69, 9.17) is 5.11 Å². The summed E-state index contributed by atoms with van der Waals surface area (Å²) in [5.41, 5.74) is -0.235. The average Bonchev–Trinajstić information content (AvgIpc) is 2.91. The highest BCUT2D eigenvalue weighted by Crippen LogP contribution is 2.16. The number of carboxylic acid groups (broad SMARTS) is 1. The molecule has 0 saturated heterocycles. The molecule has 0 saturated carbocycles. The molecule has 7 nitrogen and oxygen atoms in total. The van der Waals surface area contributed by atoms with Gasteiger partial charge < -0.3 is 10.4 Å². The molecule has 2 aromatic rings. The Morgan fingerprint density at radius 2 is 2.20 bits per heavy atom. The molecule has 104 valence electrons. The number of carbonyl (C=O) groups excluding carboxylic acids is 1. The van der Waals surface area contributed by atoms with Crippen molar-refractivity contribution in [1.82, 2.24) is 15.0 Å². The first-order valence-corrected chi connectivity index (χ1v) is 5.73. The first-order valence-electron chi connectivity index (χ1n) is 5.73. The summed E-state index contributed by atoms with van der Waals surface area (Å²) in [6.45, 7) is 0.320. The molecule has 0 aliphatic carbocycles. The van der Waals surface area contributed by atoms with E-state index >= 15 is 0 Å². The monoisotopic (exact) mass is 278 g/mol. The molecule has 0 atom stereocenters. The number of nitrogens with one attached hydrogen (secondary N) is 1. The molecule has 0 radical (unpaired) electrons. The number of halogens is 1. The number of aromatic carboxylic acids is 1. The van der Waals surface area contributed by atoms with Crippen molar-refractivity contribution in [3.05, 3.63) is 42.0 Å². The molecule has 1 aromatic heterocycles. The maximum Gasteiger partial charge on any atom is 0.335 e. The molecule has 0 fully saturated rings. The summed E-state index contributed by atoms with van der Waals surface area (Å²) in [5, 5.41) is 18.4. The van der Waals surface area contributed by atoms with Crippen molar-refractivity contribution >= 4 is 17.6 Å². The summed E-state index contributed by atoms with van der Waals surface area (Å²) in [6, 6.07) is 3.29. The Labute approximate surface area is 113 Å². The van der Waals surface area contributed by atoms with Gasteiger partial charge in [-0.15, -0.1) is 5.10 Å². The number of carbonyl (C=O) groups is 2. The van der Waals surface area contributed by atoms with Gasteiger partial charge in [-0.25, -0.2) is 9.18 Å². The Bertz CT molecular complexity index is 628. The number of carboxylic acids is 1. The number of benzene rings is 1. The highest BCUT2D eigenvalue weighted by atomic mass is 19.1. The fraction of sp³-hybridized carbons (Fsp3) is 0.167. The summed E-state index contributed by atoms with van der Waals surface area (Å²) < 4.78 is 15.1. The number of anilines is 1. The molecule has 0 aliphatic rings. The number of aryl methyl sites for hydroxylation is 1. The van der Waals surface area contributed by atoms with E-state index in [1.54, 1.807) is 6.20 Å². The third kappa shape index (κ3) is 3.37. The van der Waals surface area contributed by atoms with Gasteiger partial charge in [0.2, 0.25) is 5.91 Å². The number of rotatable bonds is 5. The van der Waals surface area contributed by atoms with Crippen LogP contribution >= 0.6 is 0 Å². The van der Waals surface area contributed by atoms with Gasteiger partial charge in [-0.05, 0) is 18.2 Å². The highest BCUT2D eigenvalue weighted by molar-refractivity contribution is 5.92. The Hall–Kier alpha value is -2.77. The van der Waals surface area contributed by atoms with Crippen LogP contribution in [0.5, 0.6) is 0 Å². The molecule has 0 unspecified atom stereocenters. The molecule has 2 N–H and O–H groups in total. The van der Waals surface area contributed by atoms with Crippen molar-refractivity contribution in [3.63, 3.8) is 0 Å². The first-order chi connectivity index (χ1) is 9.56. The van der Waals surface area contributed by atoms with E-state index in [1.807, 2.05) is 0 Å². The zero-order chi connectivity index (χ0) is 14.5. The molecule has 2 rings (SSSR count). The number of hydrogen-bond donors (Lipinski definition) is 2. The van der Waals surface area contributed by atoms with Crippen molar-refractivity contribution in [2.45, 2.75) is 13.0 Å². The van der Waals surface area contributed by atoms with Crippen LogP contribution in [-0.2, 0) is 11.3 Å². The zero-order valence-electron chi connectivity index (χ0n) is 10.3. The summed E-state index contributed by atoms with van der Waals surface area (Å²) in [5.74, 6) is -2.42. The quantitative estimate of drug-likeness (QED) is 0.854. The fourth-order valence-electron chi connectivity index (χ4n) is 1.53. The van der Waals surface area contributed by atoms with Gasteiger partial charge in [-0.1, -0.05) is 5.21 Å². The Kier molecular flexibility index (Phi) is 4.04. The maximum atomic E-state index is 13.6. The van der Waals surface area contributed by atoms with E-state index in [2.05, 4.69) is 15.6 Å². The lowest BCUT2D eigenvalue weighted by atomic mass is 10.2. The summed E-state index contributed by atoms with van der Waals surface area (Å²) in [6.07, 6.45) is 3.20. The molecule has 1 heterocycles. The van der Waals surface area contributed by atoms with Gasteiger partial charge in [0.1, 0.15) is 5.82 Å². The van der Waals surface area contributed by atoms with Gasteiger partial charge in [0.05, 0.1) is 24.0 Å². The van der Waals surface area contributed by atoms with Crippen molar-refractivity contribution in [2.24, 2.45) is 0 Å². The zero-order valence-corrected chi connectivity index (χ0v) is 10.3. The molecule has 0 aliphatic heterocycles. The Balaban J connectivity index is 1.95. The summed E-state index contributed by atoms with van der Waals surface area (Å²) in [7, 11) is 0. The number of amides is 1. The van der Waals surface area contributed by atoms with E-state index < -0.39 is 17.7 Å². The van der Waals surface area contributed by atoms with Crippen molar-refractivity contribution in [2.75, 3.05) is 5.32 Å². The van der Waals surface area contributed by atoms with Gasteiger partial charge in [0, 0.05) is 12.6 Å².